The van der Waals surface area contributed by atoms with Gasteiger partial charge in [0.25, 0.3) is 0 Å². The van der Waals surface area contributed by atoms with Crippen molar-refractivity contribution >= 4 is 11.9 Å². The molecule has 40 heavy (non-hydrogen) atoms. The molecule has 0 aromatic heterocycles. The molecule has 2 aliphatic rings. The molecule has 0 aliphatic carbocycles. The smallest absolute Gasteiger partial charge is 0.309 e. The molecule has 2 aliphatic heterocycles. The van der Waals surface area contributed by atoms with E-state index in [1.54, 1.807) is 26.2 Å². The van der Waals surface area contributed by atoms with Gasteiger partial charge in [-0.2, -0.15) is 0 Å². The summed E-state index contributed by atoms with van der Waals surface area (Å²) < 4.78 is 22.5. The van der Waals surface area contributed by atoms with E-state index in [0.29, 0.717) is 0 Å². The van der Waals surface area contributed by atoms with Crippen LogP contribution in [0, 0.1) is 17.8 Å². The third kappa shape index (κ3) is 9.80. The van der Waals surface area contributed by atoms with Gasteiger partial charge in [-0.3, -0.25) is 9.59 Å². The van der Waals surface area contributed by atoms with E-state index in [1.807, 2.05) is 39.0 Å². The first-order chi connectivity index (χ1) is 18.7. The number of aliphatic hydroxyl groups excluding tert-OH is 2. The third-order valence-electron chi connectivity index (χ3n) is 8.09. The molecular formula is C31H50O9. The molecule has 228 valence electrons. The third-order valence-corrected chi connectivity index (χ3v) is 8.09. The minimum absolute atomic E-state index is 0.0387. The van der Waals surface area contributed by atoms with Crippen LogP contribution in [0.2, 0.25) is 0 Å². The highest BCUT2D eigenvalue weighted by molar-refractivity contribution is 5.70. The summed E-state index contributed by atoms with van der Waals surface area (Å²) in [6.07, 6.45) is 6.42. The van der Waals surface area contributed by atoms with Gasteiger partial charge in [0.2, 0.25) is 0 Å². The average Bonchev–Trinajstić information content (AvgIpc) is 3.68. The van der Waals surface area contributed by atoms with Gasteiger partial charge in [0, 0.05) is 31.8 Å². The van der Waals surface area contributed by atoms with Crippen LogP contribution >= 0.6 is 0 Å². The van der Waals surface area contributed by atoms with Gasteiger partial charge in [0.05, 0.1) is 30.8 Å². The number of allylic oxidation sites excluding steroid dienone is 2. The standard InChI is InChI=1S/C31H50O9/c1-9-24(37-8)21(5)29-30(40-29)27(35)18(2)11-10-12-19(3)28-20(4)13-14-25(38-22(6)32)31(7,36)16-15-23(33)17-26(34)39-28/h10-14,18,20-21,23-25,27-30,33,35-36H,9,15-17H2,1-8H3/b11-10+,14-13+,19-12+/t18-,20+,21-,23+,24+,25+,27+,28-,29-,30-,31-/m1/s1. The summed E-state index contributed by atoms with van der Waals surface area (Å²) in [5, 5.41) is 32.2. The van der Waals surface area contributed by atoms with Gasteiger partial charge in [-0.05, 0) is 44.8 Å². The zero-order valence-corrected chi connectivity index (χ0v) is 25.3. The second-order valence-electron chi connectivity index (χ2n) is 11.7. The molecule has 2 rings (SSSR count). The van der Waals surface area contributed by atoms with Gasteiger partial charge in [-0.15, -0.1) is 0 Å². The molecule has 1 fully saturated rings. The summed E-state index contributed by atoms with van der Waals surface area (Å²) in [6, 6.07) is 0. The van der Waals surface area contributed by atoms with E-state index < -0.39 is 42.0 Å². The Hall–Kier alpha value is -2.04. The molecule has 0 amide bonds. The van der Waals surface area contributed by atoms with E-state index in [1.165, 1.54) is 6.92 Å². The Morgan fingerprint density at radius 2 is 1.93 bits per heavy atom. The molecule has 0 saturated carbocycles. The van der Waals surface area contributed by atoms with E-state index in [4.69, 9.17) is 18.9 Å². The number of rotatable bonds is 10. The molecule has 0 aromatic carbocycles. The highest BCUT2D eigenvalue weighted by Crippen LogP contribution is 2.37. The quantitative estimate of drug-likeness (QED) is 0.157. The number of cyclic esters (lactones) is 1. The molecule has 9 heteroatoms. The van der Waals surface area contributed by atoms with Gasteiger partial charge in [-0.25, -0.2) is 0 Å². The van der Waals surface area contributed by atoms with Crippen LogP contribution in [0.4, 0.5) is 0 Å². The lowest BCUT2D eigenvalue weighted by molar-refractivity contribution is -0.157. The molecule has 0 bridgehead atoms. The molecule has 0 radical (unpaired) electrons. The first kappa shape index (κ1) is 34.2. The molecule has 3 N–H and O–H groups in total. The summed E-state index contributed by atoms with van der Waals surface area (Å²) in [6.45, 7) is 12.6. The van der Waals surface area contributed by atoms with Crippen LogP contribution in [-0.4, -0.2) is 82.7 Å². The van der Waals surface area contributed by atoms with Gasteiger partial charge < -0.3 is 34.3 Å². The number of esters is 2. The van der Waals surface area contributed by atoms with Crippen LogP contribution in [0.25, 0.3) is 0 Å². The van der Waals surface area contributed by atoms with Crippen molar-refractivity contribution in [1.29, 1.82) is 0 Å². The zero-order chi connectivity index (χ0) is 30.2. The Balaban J connectivity index is 2.16. The predicted octanol–water partition coefficient (Wildman–Crippen LogP) is 3.65. The first-order valence-corrected chi connectivity index (χ1v) is 14.4. The highest BCUT2D eigenvalue weighted by atomic mass is 16.6. The Morgan fingerprint density at radius 3 is 2.52 bits per heavy atom. The number of methoxy groups -OCH3 is 1. The van der Waals surface area contributed by atoms with Crippen LogP contribution in [0.1, 0.15) is 74.1 Å². The van der Waals surface area contributed by atoms with Crippen molar-refractivity contribution in [2.24, 2.45) is 17.8 Å². The van der Waals surface area contributed by atoms with Gasteiger partial charge >= 0.3 is 11.9 Å². The minimum Gasteiger partial charge on any atom is -0.457 e. The molecule has 11 atom stereocenters. The van der Waals surface area contributed by atoms with E-state index in [-0.39, 0.29) is 55.3 Å². The van der Waals surface area contributed by atoms with Crippen molar-refractivity contribution in [2.45, 2.75) is 122 Å². The number of aliphatic hydroxyl groups is 3. The van der Waals surface area contributed by atoms with E-state index >= 15 is 0 Å². The fourth-order valence-electron chi connectivity index (χ4n) is 5.32. The lowest BCUT2D eigenvalue weighted by Gasteiger charge is -2.32. The maximum Gasteiger partial charge on any atom is 0.309 e. The molecule has 0 spiro atoms. The van der Waals surface area contributed by atoms with Crippen LogP contribution in [0.15, 0.2) is 36.0 Å². The van der Waals surface area contributed by atoms with E-state index in [2.05, 4.69) is 13.8 Å². The van der Waals surface area contributed by atoms with Gasteiger partial charge in [0.1, 0.15) is 23.9 Å². The van der Waals surface area contributed by atoms with E-state index in [9.17, 15) is 24.9 Å². The monoisotopic (exact) mass is 566 g/mol. The molecule has 1 saturated heterocycles. The van der Waals surface area contributed by atoms with Crippen molar-refractivity contribution in [3.63, 3.8) is 0 Å². The van der Waals surface area contributed by atoms with Crippen LogP contribution in [0.5, 0.6) is 0 Å². The van der Waals surface area contributed by atoms with Crippen LogP contribution in [-0.2, 0) is 28.5 Å². The molecular weight excluding hydrogens is 516 g/mol. The Morgan fingerprint density at radius 1 is 1.25 bits per heavy atom. The van der Waals surface area contributed by atoms with Crippen molar-refractivity contribution < 1.29 is 43.9 Å². The first-order valence-electron chi connectivity index (χ1n) is 14.4. The number of hydrogen-bond acceptors (Lipinski definition) is 9. The second kappa shape index (κ2) is 15.3. The molecule has 0 aromatic rings. The summed E-state index contributed by atoms with van der Waals surface area (Å²) in [7, 11) is 1.69. The second-order valence-corrected chi connectivity index (χ2v) is 11.7. The zero-order valence-electron chi connectivity index (χ0n) is 25.3. The van der Waals surface area contributed by atoms with Crippen LogP contribution < -0.4 is 0 Å². The lowest BCUT2D eigenvalue weighted by Crippen LogP contribution is -2.42. The molecule has 0 unspecified atom stereocenters. The predicted molar refractivity (Wildman–Crippen MR) is 151 cm³/mol. The molecule has 9 nitrogen and oxygen atoms in total. The van der Waals surface area contributed by atoms with Gasteiger partial charge in [0.15, 0.2) is 0 Å². The number of ether oxygens (including phenoxy) is 4. The van der Waals surface area contributed by atoms with E-state index in [0.717, 1.165) is 12.0 Å². The molecule has 2 heterocycles. The SMILES string of the molecule is CC[C@H](OC)[C@@H](C)[C@H]1O[C@@H]1[C@@H](O)[C@H](C)/C=C/C=C(\C)[C@H]1OC(=O)C[C@@H](O)CC[C@@](C)(O)[C@@H](OC(C)=O)/C=C/[C@@H]1C. The minimum atomic E-state index is -1.42. The Labute approximate surface area is 239 Å². The fourth-order valence-corrected chi connectivity index (χ4v) is 5.32. The van der Waals surface area contributed by atoms with Crippen LogP contribution in [0.3, 0.4) is 0 Å². The number of hydrogen-bond donors (Lipinski definition) is 3. The van der Waals surface area contributed by atoms with Crippen molar-refractivity contribution in [3.05, 3.63) is 36.0 Å². The Kier molecular flexibility index (Phi) is 13.0. The van der Waals surface area contributed by atoms with Crippen molar-refractivity contribution in [2.75, 3.05) is 7.11 Å². The number of epoxide rings is 1. The summed E-state index contributed by atoms with van der Waals surface area (Å²) in [5.74, 6) is -1.39. The highest BCUT2D eigenvalue weighted by Gasteiger charge is 2.50. The topological polar surface area (TPSA) is 135 Å². The maximum atomic E-state index is 12.6. The number of carbonyl (C=O) groups excluding carboxylic acids is 2. The summed E-state index contributed by atoms with van der Waals surface area (Å²) in [4.78, 5) is 24.3. The van der Waals surface area contributed by atoms with Crippen molar-refractivity contribution in [3.8, 4) is 0 Å². The summed E-state index contributed by atoms with van der Waals surface area (Å²) >= 11 is 0. The number of carbonyl (C=O) groups is 2. The normalized spacial score (nSPS) is 36.0. The average molecular weight is 567 g/mol. The Bertz CT molecular complexity index is 920. The maximum absolute atomic E-state index is 12.6. The lowest BCUT2D eigenvalue weighted by atomic mass is 9.88. The van der Waals surface area contributed by atoms with Crippen molar-refractivity contribution in [1.82, 2.24) is 0 Å². The van der Waals surface area contributed by atoms with Gasteiger partial charge in [-0.1, -0.05) is 52.0 Å². The fraction of sp³-hybridized carbons (Fsp3) is 0.742. The summed E-state index contributed by atoms with van der Waals surface area (Å²) in [5.41, 5.74) is -0.666. The largest absolute Gasteiger partial charge is 0.457 e.